The van der Waals surface area contributed by atoms with Crippen molar-refractivity contribution < 1.29 is 9.53 Å². The van der Waals surface area contributed by atoms with Crippen LogP contribution in [0.2, 0.25) is 0 Å². The van der Waals surface area contributed by atoms with Gasteiger partial charge in [-0.25, -0.2) is 0 Å². The molecule has 4 nitrogen and oxygen atoms in total. The molecule has 1 aliphatic heterocycles. The third kappa shape index (κ3) is 3.55. The fourth-order valence-electron chi connectivity index (χ4n) is 2.12. The summed E-state index contributed by atoms with van der Waals surface area (Å²) in [4.78, 5) is 12.2. The summed E-state index contributed by atoms with van der Waals surface area (Å²) in [5, 5.41) is 2.88. The Morgan fingerprint density at radius 3 is 2.79 bits per heavy atom. The lowest BCUT2D eigenvalue weighted by atomic mass is 9.92. The van der Waals surface area contributed by atoms with Gasteiger partial charge in [0.05, 0.1) is 6.10 Å². The molecule has 0 bridgehead atoms. The van der Waals surface area contributed by atoms with Crippen LogP contribution in [0.25, 0.3) is 0 Å². The molecular formula is C14H19BrN2O2. The maximum Gasteiger partial charge on any atom is 0.244 e. The van der Waals surface area contributed by atoms with E-state index in [1.54, 1.807) is 6.92 Å². The van der Waals surface area contributed by atoms with E-state index < -0.39 is 5.54 Å². The van der Waals surface area contributed by atoms with E-state index in [9.17, 15) is 4.79 Å². The number of hydrogen-bond acceptors (Lipinski definition) is 3. The molecule has 1 aliphatic rings. The summed E-state index contributed by atoms with van der Waals surface area (Å²) in [6.07, 6.45) is 2.19. The average molecular weight is 327 g/mol. The van der Waals surface area contributed by atoms with Gasteiger partial charge >= 0.3 is 0 Å². The Bertz CT molecular complexity index is 439. The van der Waals surface area contributed by atoms with Crippen molar-refractivity contribution in [1.82, 2.24) is 5.32 Å². The smallest absolute Gasteiger partial charge is 0.244 e. The number of carbonyl (C=O) groups excluding carboxylic acids is 1. The predicted molar refractivity (Wildman–Crippen MR) is 77.7 cm³/mol. The molecule has 0 saturated carbocycles. The van der Waals surface area contributed by atoms with Crippen LogP contribution in [0.15, 0.2) is 28.7 Å². The Balaban J connectivity index is 1.97. The maximum atomic E-state index is 12.2. The van der Waals surface area contributed by atoms with Gasteiger partial charge in [-0.1, -0.05) is 28.1 Å². The molecule has 0 aliphatic carbocycles. The molecule has 1 fully saturated rings. The van der Waals surface area contributed by atoms with Gasteiger partial charge in [0.2, 0.25) is 5.91 Å². The number of rotatable bonds is 4. The van der Waals surface area contributed by atoms with E-state index in [1.807, 2.05) is 24.3 Å². The number of hydrogen-bond donors (Lipinski definition) is 2. The second-order valence-electron chi connectivity index (χ2n) is 5.05. The Labute approximate surface area is 121 Å². The van der Waals surface area contributed by atoms with Crippen molar-refractivity contribution in [3.8, 4) is 0 Å². The van der Waals surface area contributed by atoms with Crippen LogP contribution in [-0.4, -0.2) is 25.2 Å². The van der Waals surface area contributed by atoms with Crippen molar-refractivity contribution in [3.05, 3.63) is 34.3 Å². The number of nitrogens with one attached hydrogen (secondary N) is 1. The van der Waals surface area contributed by atoms with Gasteiger partial charge in [0, 0.05) is 17.6 Å². The first-order chi connectivity index (χ1) is 9.00. The number of ether oxygens (including phenoxy) is 1. The lowest BCUT2D eigenvalue weighted by Crippen LogP contribution is -2.50. The van der Waals surface area contributed by atoms with Crippen molar-refractivity contribution in [3.63, 3.8) is 0 Å². The summed E-state index contributed by atoms with van der Waals surface area (Å²) in [6.45, 7) is 3.04. The van der Waals surface area contributed by atoms with E-state index >= 15 is 0 Å². The second kappa shape index (κ2) is 6.03. The summed E-state index contributed by atoms with van der Waals surface area (Å²) in [5.41, 5.74) is 5.91. The topological polar surface area (TPSA) is 64.4 Å². The Kier molecular flexibility index (Phi) is 4.60. The molecule has 3 N–H and O–H groups in total. The monoisotopic (exact) mass is 326 g/mol. The van der Waals surface area contributed by atoms with E-state index in [4.69, 9.17) is 10.5 Å². The van der Waals surface area contributed by atoms with Crippen LogP contribution >= 0.6 is 15.9 Å². The van der Waals surface area contributed by atoms with Gasteiger partial charge in [-0.05, 0) is 37.5 Å². The molecule has 1 saturated heterocycles. The minimum atomic E-state index is -1.03. The van der Waals surface area contributed by atoms with Crippen LogP contribution in [0.5, 0.6) is 0 Å². The maximum absolute atomic E-state index is 12.2. The SMILES string of the molecule is CC(N)(C(=O)NCC1CCCO1)c1ccc(Br)cc1. The normalized spacial score (nSPS) is 21.9. The average Bonchev–Trinajstić information content (AvgIpc) is 2.89. The number of halogens is 1. The molecule has 1 amide bonds. The van der Waals surface area contributed by atoms with E-state index in [0.29, 0.717) is 6.54 Å². The summed E-state index contributed by atoms with van der Waals surface area (Å²) < 4.78 is 6.44. The molecule has 1 aromatic rings. The summed E-state index contributed by atoms with van der Waals surface area (Å²) in [5.74, 6) is -0.176. The molecule has 2 atom stereocenters. The lowest BCUT2D eigenvalue weighted by Gasteiger charge is -2.25. The summed E-state index contributed by atoms with van der Waals surface area (Å²) in [7, 11) is 0. The van der Waals surface area contributed by atoms with Gasteiger partial charge in [-0.3, -0.25) is 4.79 Å². The zero-order valence-corrected chi connectivity index (χ0v) is 12.6. The molecular weight excluding hydrogens is 308 g/mol. The number of amides is 1. The highest BCUT2D eigenvalue weighted by atomic mass is 79.9. The first-order valence-corrected chi connectivity index (χ1v) is 7.24. The van der Waals surface area contributed by atoms with Crippen molar-refractivity contribution in [1.29, 1.82) is 0 Å². The Morgan fingerprint density at radius 1 is 1.53 bits per heavy atom. The molecule has 19 heavy (non-hydrogen) atoms. The quantitative estimate of drug-likeness (QED) is 0.888. The zero-order chi connectivity index (χ0) is 13.9. The number of benzene rings is 1. The van der Waals surface area contributed by atoms with Crippen molar-refractivity contribution in [2.45, 2.75) is 31.4 Å². The standard InChI is InChI=1S/C14H19BrN2O2/c1-14(16,10-4-6-11(15)7-5-10)13(18)17-9-12-3-2-8-19-12/h4-7,12H,2-3,8-9,16H2,1H3,(H,17,18). The van der Waals surface area contributed by atoms with Crippen molar-refractivity contribution in [2.24, 2.45) is 5.73 Å². The van der Waals surface area contributed by atoms with Crippen LogP contribution in [0, 0.1) is 0 Å². The summed E-state index contributed by atoms with van der Waals surface area (Å²) >= 11 is 3.37. The van der Waals surface area contributed by atoms with Gasteiger partial charge < -0.3 is 15.8 Å². The fourth-order valence-corrected chi connectivity index (χ4v) is 2.39. The third-order valence-electron chi connectivity index (χ3n) is 3.43. The van der Waals surface area contributed by atoms with Crippen LogP contribution in [0.3, 0.4) is 0 Å². The fraction of sp³-hybridized carbons (Fsp3) is 0.500. The number of carbonyl (C=O) groups is 1. The Morgan fingerprint density at radius 2 is 2.21 bits per heavy atom. The Hall–Kier alpha value is -0.910. The zero-order valence-electron chi connectivity index (χ0n) is 11.0. The van der Waals surface area contributed by atoms with E-state index in [1.165, 1.54) is 0 Å². The van der Waals surface area contributed by atoms with Crippen LogP contribution < -0.4 is 11.1 Å². The van der Waals surface area contributed by atoms with Gasteiger partial charge in [0.15, 0.2) is 0 Å². The van der Waals surface area contributed by atoms with Crippen LogP contribution in [-0.2, 0) is 15.1 Å². The highest BCUT2D eigenvalue weighted by Crippen LogP contribution is 2.21. The van der Waals surface area contributed by atoms with Crippen molar-refractivity contribution >= 4 is 21.8 Å². The first kappa shape index (κ1) is 14.5. The minimum absolute atomic E-state index is 0.129. The molecule has 1 aromatic carbocycles. The van der Waals surface area contributed by atoms with Crippen LogP contribution in [0.1, 0.15) is 25.3 Å². The third-order valence-corrected chi connectivity index (χ3v) is 3.96. The first-order valence-electron chi connectivity index (χ1n) is 6.45. The van der Waals surface area contributed by atoms with Crippen LogP contribution in [0.4, 0.5) is 0 Å². The predicted octanol–water partition coefficient (Wildman–Crippen LogP) is 1.92. The minimum Gasteiger partial charge on any atom is -0.376 e. The molecule has 0 radical (unpaired) electrons. The molecule has 0 spiro atoms. The van der Waals surface area contributed by atoms with E-state index in [2.05, 4.69) is 21.2 Å². The van der Waals surface area contributed by atoms with Crippen molar-refractivity contribution in [2.75, 3.05) is 13.2 Å². The molecule has 5 heteroatoms. The number of nitrogens with two attached hydrogens (primary N) is 1. The van der Waals surface area contributed by atoms with E-state index in [0.717, 1.165) is 29.5 Å². The second-order valence-corrected chi connectivity index (χ2v) is 5.97. The summed E-state index contributed by atoms with van der Waals surface area (Å²) in [6, 6.07) is 7.48. The van der Waals surface area contributed by atoms with Gasteiger partial charge in [-0.15, -0.1) is 0 Å². The van der Waals surface area contributed by atoms with Gasteiger partial charge in [0.25, 0.3) is 0 Å². The highest BCUT2D eigenvalue weighted by Gasteiger charge is 2.31. The molecule has 2 unspecified atom stereocenters. The largest absolute Gasteiger partial charge is 0.376 e. The molecule has 104 valence electrons. The molecule has 2 rings (SSSR count). The van der Waals surface area contributed by atoms with E-state index in [-0.39, 0.29) is 12.0 Å². The highest BCUT2D eigenvalue weighted by molar-refractivity contribution is 9.10. The molecule has 0 aromatic heterocycles. The molecule has 1 heterocycles. The van der Waals surface area contributed by atoms with Gasteiger partial charge in [-0.2, -0.15) is 0 Å². The van der Waals surface area contributed by atoms with Gasteiger partial charge in [0.1, 0.15) is 5.54 Å². The lowest BCUT2D eigenvalue weighted by molar-refractivity contribution is -0.126.